The van der Waals surface area contributed by atoms with Crippen molar-refractivity contribution in [2.24, 2.45) is 0 Å². The van der Waals surface area contributed by atoms with Gasteiger partial charge in [-0.05, 0) is 17.7 Å². The quantitative estimate of drug-likeness (QED) is 0.829. The molecule has 104 valence electrons. The van der Waals surface area contributed by atoms with Crippen molar-refractivity contribution in [2.75, 3.05) is 13.1 Å². The monoisotopic (exact) mass is 274 g/mol. The molecule has 0 bridgehead atoms. The van der Waals surface area contributed by atoms with Crippen LogP contribution in [0, 0.1) is 5.82 Å². The van der Waals surface area contributed by atoms with E-state index in [1.165, 1.54) is 12.1 Å². The number of halogens is 1. The summed E-state index contributed by atoms with van der Waals surface area (Å²) in [4.78, 5) is 2.32. The highest BCUT2D eigenvalue weighted by Crippen LogP contribution is 2.30. The summed E-state index contributed by atoms with van der Waals surface area (Å²) in [7, 11) is 0. The van der Waals surface area contributed by atoms with Crippen molar-refractivity contribution in [3.63, 3.8) is 0 Å². The zero-order chi connectivity index (χ0) is 13.5. The molecular weight excluding hydrogens is 259 g/mol. The second-order valence-electron chi connectivity index (χ2n) is 5.41. The summed E-state index contributed by atoms with van der Waals surface area (Å²) in [5.41, 5.74) is 2.15. The third-order valence-electron chi connectivity index (χ3n) is 4.04. The Morgan fingerprint density at radius 1 is 1.25 bits per heavy atom. The van der Waals surface area contributed by atoms with Crippen LogP contribution in [-0.2, 0) is 17.9 Å². The lowest BCUT2D eigenvalue weighted by molar-refractivity contribution is -0.00521. The molecule has 20 heavy (non-hydrogen) atoms. The van der Waals surface area contributed by atoms with E-state index in [-0.39, 0.29) is 18.0 Å². The number of rotatable bonds is 2. The van der Waals surface area contributed by atoms with E-state index < -0.39 is 0 Å². The molecule has 0 radical (unpaired) electrons. The van der Waals surface area contributed by atoms with E-state index in [0.717, 1.165) is 30.9 Å². The van der Waals surface area contributed by atoms with E-state index >= 15 is 0 Å². The Morgan fingerprint density at radius 3 is 2.95 bits per heavy atom. The highest BCUT2D eigenvalue weighted by molar-refractivity contribution is 5.16. The predicted molar refractivity (Wildman–Crippen MR) is 69.3 cm³/mol. The number of hydrogen-bond acceptors (Lipinski definition) is 4. The lowest BCUT2D eigenvalue weighted by Crippen LogP contribution is -2.32. The van der Waals surface area contributed by atoms with Crippen LogP contribution in [0.25, 0.3) is 0 Å². The van der Waals surface area contributed by atoms with Crippen molar-refractivity contribution in [3.8, 4) is 0 Å². The molecule has 0 saturated carbocycles. The van der Waals surface area contributed by atoms with E-state index in [1.807, 2.05) is 16.8 Å². The molecule has 0 spiro atoms. The van der Waals surface area contributed by atoms with Crippen LogP contribution in [0.15, 0.2) is 30.5 Å². The van der Waals surface area contributed by atoms with Crippen LogP contribution >= 0.6 is 0 Å². The van der Waals surface area contributed by atoms with Crippen molar-refractivity contribution >= 4 is 0 Å². The van der Waals surface area contributed by atoms with Crippen LogP contribution in [0.3, 0.4) is 0 Å². The maximum atomic E-state index is 12.9. The molecule has 2 aromatic rings. The molecule has 2 atom stereocenters. The van der Waals surface area contributed by atoms with Crippen molar-refractivity contribution in [1.82, 2.24) is 19.9 Å². The average molecular weight is 274 g/mol. The minimum atomic E-state index is -0.195. The van der Waals surface area contributed by atoms with Gasteiger partial charge in [-0.3, -0.25) is 4.90 Å². The van der Waals surface area contributed by atoms with Crippen molar-refractivity contribution in [2.45, 2.75) is 25.3 Å². The van der Waals surface area contributed by atoms with Crippen LogP contribution in [0.5, 0.6) is 0 Å². The summed E-state index contributed by atoms with van der Waals surface area (Å²) in [6.07, 6.45) is 1.93. The summed E-state index contributed by atoms with van der Waals surface area (Å²) >= 11 is 0. The summed E-state index contributed by atoms with van der Waals surface area (Å²) < 4.78 is 20.8. The standard InChI is InChI=1S/C14H15FN4O/c15-11-3-1-10(2-4-11)6-18-7-13-14(8-18)20-9-12-5-16-17-19(12)13/h1-5,13-14H,6-9H2/t13-,14-/m1/s1. The molecule has 0 amide bonds. The molecule has 2 aliphatic rings. The van der Waals surface area contributed by atoms with Gasteiger partial charge in [-0.15, -0.1) is 5.10 Å². The molecule has 1 fully saturated rings. The van der Waals surface area contributed by atoms with Gasteiger partial charge in [0, 0.05) is 19.6 Å². The number of fused-ring (bicyclic) bond motifs is 3. The zero-order valence-corrected chi connectivity index (χ0v) is 10.9. The first-order valence-electron chi connectivity index (χ1n) is 6.77. The summed E-state index contributed by atoms with van der Waals surface area (Å²) in [6.45, 7) is 3.15. The molecule has 1 saturated heterocycles. The topological polar surface area (TPSA) is 43.2 Å². The molecule has 0 aliphatic carbocycles. The zero-order valence-electron chi connectivity index (χ0n) is 10.9. The highest BCUT2D eigenvalue weighted by Gasteiger charge is 2.39. The Labute approximate surface area is 116 Å². The normalized spacial score (nSPS) is 25.4. The number of aromatic nitrogens is 3. The molecule has 0 N–H and O–H groups in total. The SMILES string of the molecule is Fc1ccc(CN2C[C@@H]3[C@@H](C2)OCc2cnnn23)cc1. The van der Waals surface area contributed by atoms with Gasteiger partial charge >= 0.3 is 0 Å². The van der Waals surface area contributed by atoms with Crippen molar-refractivity contribution < 1.29 is 9.13 Å². The molecule has 3 heterocycles. The van der Waals surface area contributed by atoms with E-state index in [1.54, 1.807) is 6.20 Å². The largest absolute Gasteiger partial charge is 0.368 e. The Kier molecular flexibility index (Phi) is 2.78. The smallest absolute Gasteiger partial charge is 0.123 e. The predicted octanol–water partition coefficient (Wildman–Crippen LogP) is 1.37. The maximum Gasteiger partial charge on any atom is 0.123 e. The average Bonchev–Trinajstić information content (AvgIpc) is 3.06. The number of hydrogen-bond donors (Lipinski definition) is 0. The molecule has 1 aromatic heterocycles. The third-order valence-corrected chi connectivity index (χ3v) is 4.04. The Bertz CT molecular complexity index is 612. The number of nitrogens with zero attached hydrogens (tertiary/aromatic N) is 4. The fourth-order valence-electron chi connectivity index (χ4n) is 3.05. The van der Waals surface area contributed by atoms with Gasteiger partial charge in [0.05, 0.1) is 30.6 Å². The summed E-state index contributed by atoms with van der Waals surface area (Å²) in [6, 6.07) is 6.91. The lowest BCUT2D eigenvalue weighted by atomic mass is 10.2. The number of benzene rings is 1. The van der Waals surface area contributed by atoms with Crippen LogP contribution in [0.2, 0.25) is 0 Å². The van der Waals surface area contributed by atoms with Crippen LogP contribution in [0.1, 0.15) is 17.3 Å². The van der Waals surface area contributed by atoms with Crippen LogP contribution in [0.4, 0.5) is 4.39 Å². The summed E-state index contributed by atoms with van der Waals surface area (Å²) in [5, 5.41) is 8.12. The van der Waals surface area contributed by atoms with Gasteiger partial charge < -0.3 is 4.74 Å². The first-order valence-corrected chi connectivity index (χ1v) is 6.77. The molecule has 2 aliphatic heterocycles. The Hall–Kier alpha value is -1.79. The highest BCUT2D eigenvalue weighted by atomic mass is 19.1. The lowest BCUT2D eigenvalue weighted by Gasteiger charge is -2.25. The van der Waals surface area contributed by atoms with E-state index in [4.69, 9.17) is 4.74 Å². The first-order chi connectivity index (χ1) is 9.79. The molecule has 4 rings (SSSR count). The van der Waals surface area contributed by atoms with Gasteiger partial charge in [-0.2, -0.15) is 0 Å². The van der Waals surface area contributed by atoms with Crippen molar-refractivity contribution in [3.05, 3.63) is 47.5 Å². The molecule has 6 heteroatoms. The van der Waals surface area contributed by atoms with Crippen LogP contribution in [-0.4, -0.2) is 39.1 Å². The second kappa shape index (κ2) is 4.64. The summed E-state index contributed by atoms with van der Waals surface area (Å²) in [5.74, 6) is -0.195. The third kappa shape index (κ3) is 2.01. The van der Waals surface area contributed by atoms with Gasteiger partial charge in [0.25, 0.3) is 0 Å². The second-order valence-corrected chi connectivity index (χ2v) is 5.41. The first kappa shape index (κ1) is 12.0. The van der Waals surface area contributed by atoms with Crippen LogP contribution < -0.4 is 0 Å². The molecule has 1 aromatic carbocycles. The van der Waals surface area contributed by atoms with Gasteiger partial charge in [0.2, 0.25) is 0 Å². The fourth-order valence-corrected chi connectivity index (χ4v) is 3.05. The Morgan fingerprint density at radius 2 is 2.10 bits per heavy atom. The number of likely N-dealkylation sites (tertiary alicyclic amines) is 1. The van der Waals surface area contributed by atoms with Gasteiger partial charge in [0.15, 0.2) is 0 Å². The number of ether oxygens (including phenoxy) is 1. The van der Waals surface area contributed by atoms with Gasteiger partial charge in [-0.1, -0.05) is 17.3 Å². The Balaban J connectivity index is 1.50. The maximum absolute atomic E-state index is 12.9. The van der Waals surface area contributed by atoms with E-state index in [9.17, 15) is 4.39 Å². The van der Waals surface area contributed by atoms with Crippen molar-refractivity contribution in [1.29, 1.82) is 0 Å². The molecular formula is C14H15FN4O. The minimum Gasteiger partial charge on any atom is -0.368 e. The fraction of sp³-hybridized carbons (Fsp3) is 0.429. The van der Waals surface area contributed by atoms with Gasteiger partial charge in [0.1, 0.15) is 5.82 Å². The van der Waals surface area contributed by atoms with E-state index in [0.29, 0.717) is 6.61 Å². The minimum absolute atomic E-state index is 0.171. The van der Waals surface area contributed by atoms with Gasteiger partial charge in [-0.25, -0.2) is 9.07 Å². The van der Waals surface area contributed by atoms with E-state index in [2.05, 4.69) is 15.2 Å². The molecule has 0 unspecified atom stereocenters. The molecule has 5 nitrogen and oxygen atoms in total.